The van der Waals surface area contributed by atoms with E-state index in [2.05, 4.69) is 10.3 Å². The molecule has 2 atom stereocenters. The second-order valence-electron chi connectivity index (χ2n) is 4.74. The Labute approximate surface area is 113 Å². The van der Waals surface area contributed by atoms with E-state index < -0.39 is 5.97 Å². The van der Waals surface area contributed by atoms with Crippen molar-refractivity contribution in [1.29, 1.82) is 5.26 Å². The molecule has 5 nitrogen and oxygen atoms in total. The zero-order valence-corrected chi connectivity index (χ0v) is 11.3. The molecule has 0 saturated carbocycles. The maximum absolute atomic E-state index is 10.7. The van der Waals surface area contributed by atoms with Gasteiger partial charge in [-0.25, -0.2) is 4.98 Å². The number of pyridine rings is 1. The van der Waals surface area contributed by atoms with Gasteiger partial charge in [0.05, 0.1) is 5.92 Å². The molecule has 0 aromatic carbocycles. The van der Waals surface area contributed by atoms with Crippen LogP contribution in [0.3, 0.4) is 0 Å². The van der Waals surface area contributed by atoms with Crippen molar-refractivity contribution in [2.45, 2.75) is 39.2 Å². The molecule has 0 spiro atoms. The van der Waals surface area contributed by atoms with Gasteiger partial charge in [-0.05, 0) is 31.9 Å². The average molecular weight is 261 g/mol. The number of carbonyl (C=O) groups is 1. The van der Waals surface area contributed by atoms with E-state index in [0.29, 0.717) is 17.9 Å². The molecule has 1 rings (SSSR count). The van der Waals surface area contributed by atoms with E-state index in [1.807, 2.05) is 19.1 Å². The Morgan fingerprint density at radius 2 is 2.21 bits per heavy atom. The number of nitriles is 1. The van der Waals surface area contributed by atoms with Gasteiger partial charge in [-0.3, -0.25) is 4.79 Å². The van der Waals surface area contributed by atoms with Gasteiger partial charge in [-0.2, -0.15) is 5.26 Å². The highest BCUT2D eigenvalue weighted by Crippen LogP contribution is 2.13. The van der Waals surface area contributed by atoms with Gasteiger partial charge in [0.1, 0.15) is 17.6 Å². The average Bonchev–Trinajstić information content (AvgIpc) is 2.38. The second-order valence-corrected chi connectivity index (χ2v) is 4.74. The Balaban J connectivity index is 2.37. The topological polar surface area (TPSA) is 86.0 Å². The Morgan fingerprint density at radius 3 is 2.84 bits per heavy atom. The molecule has 1 aromatic heterocycles. The van der Waals surface area contributed by atoms with E-state index >= 15 is 0 Å². The van der Waals surface area contributed by atoms with Crippen LogP contribution < -0.4 is 5.32 Å². The summed E-state index contributed by atoms with van der Waals surface area (Å²) in [6, 6.07) is 7.45. The number of nitrogens with zero attached hydrogens (tertiary/aromatic N) is 2. The van der Waals surface area contributed by atoms with E-state index in [1.165, 1.54) is 0 Å². The molecule has 0 bridgehead atoms. The third-order valence-corrected chi connectivity index (χ3v) is 2.95. The zero-order chi connectivity index (χ0) is 14.3. The number of rotatable bonds is 7. The van der Waals surface area contributed by atoms with Crippen LogP contribution in [0.25, 0.3) is 0 Å². The van der Waals surface area contributed by atoms with Crippen LogP contribution in [0.2, 0.25) is 0 Å². The van der Waals surface area contributed by atoms with Crippen molar-refractivity contribution in [2.75, 3.05) is 5.32 Å². The summed E-state index contributed by atoms with van der Waals surface area (Å²) in [4.78, 5) is 14.8. The molecule has 1 heterocycles. The van der Waals surface area contributed by atoms with Crippen LogP contribution in [0.1, 0.15) is 38.8 Å². The lowest BCUT2D eigenvalue weighted by molar-refractivity contribution is -0.141. The van der Waals surface area contributed by atoms with E-state index in [4.69, 9.17) is 10.4 Å². The molecule has 102 valence electrons. The van der Waals surface area contributed by atoms with Crippen LogP contribution in [-0.4, -0.2) is 22.1 Å². The van der Waals surface area contributed by atoms with Crippen molar-refractivity contribution in [2.24, 2.45) is 5.92 Å². The predicted octanol–water partition coefficient (Wildman–Crippen LogP) is 2.64. The predicted molar refractivity (Wildman–Crippen MR) is 72.7 cm³/mol. The Bertz CT molecular complexity index is 468. The molecule has 0 amide bonds. The van der Waals surface area contributed by atoms with Gasteiger partial charge in [0, 0.05) is 6.04 Å². The third kappa shape index (κ3) is 5.38. The van der Waals surface area contributed by atoms with Crippen molar-refractivity contribution in [3.63, 3.8) is 0 Å². The van der Waals surface area contributed by atoms with Gasteiger partial charge < -0.3 is 10.4 Å². The molecule has 5 heteroatoms. The molecular formula is C14H19N3O2. The molecule has 19 heavy (non-hydrogen) atoms. The van der Waals surface area contributed by atoms with Crippen LogP contribution in [-0.2, 0) is 4.79 Å². The molecule has 0 fully saturated rings. The lowest BCUT2D eigenvalue weighted by atomic mass is 10.0. The fourth-order valence-corrected chi connectivity index (χ4v) is 1.76. The van der Waals surface area contributed by atoms with E-state index in [0.717, 1.165) is 12.8 Å². The first kappa shape index (κ1) is 15.0. The molecule has 2 N–H and O–H groups in total. The molecule has 0 aliphatic rings. The van der Waals surface area contributed by atoms with Crippen molar-refractivity contribution >= 4 is 11.8 Å². The number of hydrogen-bond donors (Lipinski definition) is 2. The highest BCUT2D eigenvalue weighted by Gasteiger charge is 2.11. The van der Waals surface area contributed by atoms with Gasteiger partial charge in [0.15, 0.2) is 0 Å². The third-order valence-electron chi connectivity index (χ3n) is 2.95. The fraction of sp³-hybridized carbons (Fsp3) is 0.500. The van der Waals surface area contributed by atoms with E-state index in [1.54, 1.807) is 19.1 Å². The lowest BCUT2D eigenvalue weighted by Crippen LogP contribution is -2.17. The van der Waals surface area contributed by atoms with Crippen molar-refractivity contribution < 1.29 is 9.90 Å². The first-order valence-corrected chi connectivity index (χ1v) is 6.39. The number of anilines is 1. The largest absolute Gasteiger partial charge is 0.481 e. The molecule has 1 aromatic rings. The highest BCUT2D eigenvalue weighted by molar-refractivity contribution is 5.69. The Morgan fingerprint density at radius 1 is 1.47 bits per heavy atom. The molecule has 0 aliphatic carbocycles. The van der Waals surface area contributed by atoms with Crippen LogP contribution in [0, 0.1) is 17.2 Å². The summed E-state index contributed by atoms with van der Waals surface area (Å²) < 4.78 is 0. The fourth-order valence-electron chi connectivity index (χ4n) is 1.76. The number of nitrogens with one attached hydrogen (secondary N) is 1. The van der Waals surface area contributed by atoms with Crippen LogP contribution in [0.5, 0.6) is 0 Å². The standard InChI is InChI=1S/C14H19N3O2/c1-10(14(18)19)5-3-6-11(2)16-13-8-4-7-12(9-15)17-13/h4,7-8,10-11H,3,5-6H2,1-2H3,(H,16,17)(H,18,19). The smallest absolute Gasteiger partial charge is 0.306 e. The molecule has 0 radical (unpaired) electrons. The van der Waals surface area contributed by atoms with Gasteiger partial charge in [-0.15, -0.1) is 0 Å². The number of carboxylic acids is 1. The maximum atomic E-state index is 10.7. The van der Waals surface area contributed by atoms with Crippen LogP contribution >= 0.6 is 0 Å². The zero-order valence-electron chi connectivity index (χ0n) is 11.3. The molecule has 0 aliphatic heterocycles. The summed E-state index contributed by atoms with van der Waals surface area (Å²) in [5.74, 6) is -0.367. The highest BCUT2D eigenvalue weighted by atomic mass is 16.4. The normalized spacial score (nSPS) is 13.3. The molecule has 2 unspecified atom stereocenters. The minimum Gasteiger partial charge on any atom is -0.481 e. The SMILES string of the molecule is CC(CCCC(C)C(=O)O)Nc1cccc(C#N)n1. The van der Waals surface area contributed by atoms with Gasteiger partial charge >= 0.3 is 5.97 Å². The summed E-state index contributed by atoms with van der Waals surface area (Å²) in [7, 11) is 0. The van der Waals surface area contributed by atoms with Crippen LogP contribution in [0.4, 0.5) is 5.82 Å². The number of hydrogen-bond acceptors (Lipinski definition) is 4. The summed E-state index contributed by atoms with van der Waals surface area (Å²) in [6.07, 6.45) is 2.39. The molecule has 0 saturated heterocycles. The minimum atomic E-state index is -0.746. The van der Waals surface area contributed by atoms with Crippen molar-refractivity contribution in [3.8, 4) is 6.07 Å². The van der Waals surface area contributed by atoms with Gasteiger partial charge in [0.2, 0.25) is 0 Å². The Kier molecular flexibility index (Phi) is 5.80. The Hall–Kier alpha value is -2.09. The minimum absolute atomic E-state index is 0.197. The van der Waals surface area contributed by atoms with Crippen molar-refractivity contribution in [3.05, 3.63) is 23.9 Å². The van der Waals surface area contributed by atoms with Gasteiger partial charge in [0.25, 0.3) is 0 Å². The maximum Gasteiger partial charge on any atom is 0.306 e. The summed E-state index contributed by atoms with van der Waals surface area (Å²) >= 11 is 0. The van der Waals surface area contributed by atoms with Crippen LogP contribution in [0.15, 0.2) is 18.2 Å². The second kappa shape index (κ2) is 7.37. The number of carboxylic acid groups (broad SMARTS) is 1. The summed E-state index contributed by atoms with van der Waals surface area (Å²) in [5, 5.41) is 20.7. The monoisotopic (exact) mass is 261 g/mol. The van der Waals surface area contributed by atoms with E-state index in [9.17, 15) is 4.79 Å². The first-order chi connectivity index (χ1) is 9.02. The molecular weight excluding hydrogens is 242 g/mol. The van der Waals surface area contributed by atoms with Crippen molar-refractivity contribution in [1.82, 2.24) is 4.98 Å². The quantitative estimate of drug-likeness (QED) is 0.788. The number of aliphatic carboxylic acids is 1. The lowest BCUT2D eigenvalue weighted by Gasteiger charge is -2.15. The van der Waals surface area contributed by atoms with Gasteiger partial charge in [-0.1, -0.05) is 19.4 Å². The van der Waals surface area contributed by atoms with E-state index in [-0.39, 0.29) is 12.0 Å². The summed E-state index contributed by atoms with van der Waals surface area (Å²) in [6.45, 7) is 3.74. The number of aromatic nitrogens is 1. The first-order valence-electron chi connectivity index (χ1n) is 6.39. The summed E-state index contributed by atoms with van der Waals surface area (Å²) in [5.41, 5.74) is 0.386.